The quantitative estimate of drug-likeness (QED) is 0.783. The lowest BCUT2D eigenvalue weighted by molar-refractivity contribution is 0.481. The zero-order valence-electron chi connectivity index (χ0n) is 11.8. The third-order valence-electron chi connectivity index (χ3n) is 3.52. The van der Waals surface area contributed by atoms with Crippen molar-refractivity contribution in [2.24, 2.45) is 0 Å². The highest BCUT2D eigenvalue weighted by atomic mass is 32.2. The van der Waals surface area contributed by atoms with Crippen LogP contribution in [-0.4, -0.2) is 38.5 Å². The van der Waals surface area contributed by atoms with E-state index in [4.69, 9.17) is 4.55 Å². The van der Waals surface area contributed by atoms with Crippen molar-refractivity contribution in [3.8, 4) is 0 Å². The van der Waals surface area contributed by atoms with Crippen LogP contribution in [0.4, 0.5) is 11.4 Å². The maximum atomic E-state index is 10.8. The Kier molecular flexibility index (Phi) is 4.88. The van der Waals surface area contributed by atoms with Gasteiger partial charge < -0.3 is 9.80 Å². The van der Waals surface area contributed by atoms with Gasteiger partial charge in [0.1, 0.15) is 0 Å². The van der Waals surface area contributed by atoms with Crippen molar-refractivity contribution in [2.75, 3.05) is 35.3 Å². The van der Waals surface area contributed by atoms with Gasteiger partial charge >= 0.3 is 0 Å². The third-order valence-corrected chi connectivity index (χ3v) is 4.32. The van der Waals surface area contributed by atoms with Crippen molar-refractivity contribution in [3.63, 3.8) is 0 Å². The van der Waals surface area contributed by atoms with Gasteiger partial charge in [-0.15, -0.1) is 0 Å². The molecule has 1 aliphatic rings. The molecule has 0 saturated heterocycles. The summed E-state index contributed by atoms with van der Waals surface area (Å²) in [5, 5.41) is 0. The molecule has 0 unspecified atom stereocenters. The lowest BCUT2D eigenvalue weighted by Crippen LogP contribution is -2.32. The van der Waals surface area contributed by atoms with Crippen molar-refractivity contribution in [1.82, 2.24) is 0 Å². The second-order valence-corrected chi connectivity index (χ2v) is 6.72. The molecule has 6 heteroatoms. The van der Waals surface area contributed by atoms with E-state index >= 15 is 0 Å². The number of fused-ring (bicyclic) bond motifs is 1. The number of anilines is 2. The molecular formula is C14H22N2O3S. The molecule has 0 fully saturated rings. The van der Waals surface area contributed by atoms with Crippen LogP contribution >= 0.6 is 0 Å². The number of unbranched alkanes of at least 4 members (excludes halogenated alkanes) is 1. The van der Waals surface area contributed by atoms with Crippen molar-refractivity contribution in [1.29, 1.82) is 0 Å². The Morgan fingerprint density at radius 1 is 1.10 bits per heavy atom. The number of rotatable bonds is 7. The van der Waals surface area contributed by atoms with Gasteiger partial charge in [0, 0.05) is 13.1 Å². The molecule has 0 amide bonds. The molecule has 5 nitrogen and oxygen atoms in total. The first-order valence-electron chi connectivity index (χ1n) is 7.05. The molecule has 1 aliphatic heterocycles. The first-order chi connectivity index (χ1) is 9.51. The Hall–Kier alpha value is -1.27. The SMILES string of the molecule is CCCCN1CN(CCCS(=O)(=O)O)c2ccccc21. The van der Waals surface area contributed by atoms with Crippen LogP contribution in [0.1, 0.15) is 26.2 Å². The summed E-state index contributed by atoms with van der Waals surface area (Å²) in [5.41, 5.74) is 2.37. The largest absolute Gasteiger partial charge is 0.352 e. The van der Waals surface area contributed by atoms with Crippen LogP contribution in [0.5, 0.6) is 0 Å². The van der Waals surface area contributed by atoms with E-state index in [9.17, 15) is 8.42 Å². The summed E-state index contributed by atoms with van der Waals surface area (Å²) >= 11 is 0. The normalized spacial score (nSPS) is 14.7. The summed E-state index contributed by atoms with van der Waals surface area (Å²) in [6, 6.07) is 8.19. The Morgan fingerprint density at radius 3 is 2.15 bits per heavy atom. The molecule has 20 heavy (non-hydrogen) atoms. The van der Waals surface area contributed by atoms with Crippen LogP contribution in [0, 0.1) is 0 Å². The van der Waals surface area contributed by atoms with Crippen LogP contribution in [0.3, 0.4) is 0 Å². The molecule has 0 aromatic heterocycles. The predicted molar refractivity (Wildman–Crippen MR) is 81.9 cm³/mol. The Morgan fingerprint density at radius 2 is 1.65 bits per heavy atom. The van der Waals surface area contributed by atoms with Crippen LogP contribution in [0.25, 0.3) is 0 Å². The molecule has 2 rings (SSSR count). The van der Waals surface area contributed by atoms with Crippen LogP contribution in [-0.2, 0) is 10.1 Å². The molecule has 112 valence electrons. The number of benzene rings is 1. The van der Waals surface area contributed by atoms with Gasteiger partial charge in [-0.3, -0.25) is 4.55 Å². The van der Waals surface area contributed by atoms with E-state index in [2.05, 4.69) is 28.9 Å². The maximum absolute atomic E-state index is 10.8. The van der Waals surface area contributed by atoms with Gasteiger partial charge in [0.25, 0.3) is 10.1 Å². The lowest BCUT2D eigenvalue weighted by atomic mass is 10.2. The summed E-state index contributed by atoms with van der Waals surface area (Å²) in [5.74, 6) is -0.180. The van der Waals surface area contributed by atoms with E-state index < -0.39 is 10.1 Å². The second-order valence-electron chi connectivity index (χ2n) is 5.15. The first kappa shape index (κ1) is 15.1. The lowest BCUT2D eigenvalue weighted by Gasteiger charge is -2.21. The van der Waals surface area contributed by atoms with Crippen molar-refractivity contribution < 1.29 is 13.0 Å². The highest BCUT2D eigenvalue weighted by Crippen LogP contribution is 2.35. The summed E-state index contributed by atoms with van der Waals surface area (Å²) in [4.78, 5) is 4.50. The van der Waals surface area contributed by atoms with E-state index in [0.717, 1.165) is 31.7 Å². The maximum Gasteiger partial charge on any atom is 0.264 e. The summed E-state index contributed by atoms with van der Waals surface area (Å²) < 4.78 is 30.4. The molecule has 0 bridgehead atoms. The number of hydrogen-bond donors (Lipinski definition) is 1. The average Bonchev–Trinajstić information content (AvgIpc) is 2.74. The minimum atomic E-state index is -3.86. The summed E-state index contributed by atoms with van der Waals surface area (Å²) in [6.45, 7) is 4.62. The minimum absolute atomic E-state index is 0.180. The molecule has 0 radical (unpaired) electrons. The monoisotopic (exact) mass is 298 g/mol. The van der Waals surface area contributed by atoms with Crippen molar-refractivity contribution in [3.05, 3.63) is 24.3 Å². The second kappa shape index (κ2) is 6.45. The van der Waals surface area contributed by atoms with Gasteiger partial charge in [-0.1, -0.05) is 25.5 Å². The van der Waals surface area contributed by atoms with Crippen LogP contribution in [0.2, 0.25) is 0 Å². The molecular weight excluding hydrogens is 276 g/mol. The average molecular weight is 298 g/mol. The summed E-state index contributed by atoms with van der Waals surface area (Å²) in [6.07, 6.45) is 2.74. The number of para-hydroxylation sites is 2. The smallest absolute Gasteiger partial charge is 0.264 e. The highest BCUT2D eigenvalue weighted by Gasteiger charge is 2.24. The van der Waals surface area contributed by atoms with Crippen molar-refractivity contribution in [2.45, 2.75) is 26.2 Å². The van der Waals surface area contributed by atoms with Gasteiger partial charge in [0.05, 0.1) is 23.8 Å². The fraction of sp³-hybridized carbons (Fsp3) is 0.571. The Balaban J connectivity index is 2.01. The molecule has 0 spiro atoms. The zero-order valence-corrected chi connectivity index (χ0v) is 12.6. The Bertz CT molecular complexity index is 545. The zero-order chi connectivity index (χ0) is 14.6. The molecule has 1 N–H and O–H groups in total. The third kappa shape index (κ3) is 3.86. The fourth-order valence-corrected chi connectivity index (χ4v) is 3.02. The molecule has 0 aliphatic carbocycles. The van der Waals surface area contributed by atoms with E-state index in [-0.39, 0.29) is 5.75 Å². The van der Waals surface area contributed by atoms with Crippen LogP contribution < -0.4 is 9.80 Å². The summed E-state index contributed by atoms with van der Waals surface area (Å²) in [7, 11) is -3.86. The van der Waals surface area contributed by atoms with Gasteiger partial charge in [-0.2, -0.15) is 8.42 Å². The fourth-order valence-electron chi connectivity index (χ4n) is 2.53. The van der Waals surface area contributed by atoms with E-state index in [1.54, 1.807) is 0 Å². The molecule has 1 aromatic rings. The Labute approximate surface area is 120 Å². The van der Waals surface area contributed by atoms with Gasteiger partial charge in [0.2, 0.25) is 0 Å². The predicted octanol–water partition coefficient (Wildman–Crippen LogP) is 2.35. The van der Waals surface area contributed by atoms with Crippen LogP contribution in [0.15, 0.2) is 24.3 Å². The number of hydrogen-bond acceptors (Lipinski definition) is 4. The molecule has 0 saturated carbocycles. The standard InChI is InChI=1S/C14H22N2O3S/c1-2-3-9-15-12-16(10-6-11-20(17,18)19)14-8-5-4-7-13(14)15/h4-5,7-8H,2-3,6,9-12H2,1H3,(H,17,18,19). The number of nitrogens with zero attached hydrogens (tertiary/aromatic N) is 2. The van der Waals surface area contributed by atoms with Gasteiger partial charge in [-0.25, -0.2) is 0 Å². The molecule has 1 aromatic carbocycles. The van der Waals surface area contributed by atoms with E-state index in [0.29, 0.717) is 13.0 Å². The van der Waals surface area contributed by atoms with Gasteiger partial charge in [-0.05, 0) is 25.0 Å². The van der Waals surface area contributed by atoms with Crippen molar-refractivity contribution >= 4 is 21.5 Å². The van der Waals surface area contributed by atoms with E-state index in [1.165, 1.54) is 5.69 Å². The van der Waals surface area contributed by atoms with Gasteiger partial charge in [0.15, 0.2) is 0 Å². The first-order valence-corrected chi connectivity index (χ1v) is 8.66. The topological polar surface area (TPSA) is 60.9 Å². The molecule has 1 heterocycles. The minimum Gasteiger partial charge on any atom is -0.352 e. The highest BCUT2D eigenvalue weighted by molar-refractivity contribution is 7.85. The molecule has 0 atom stereocenters. The van der Waals surface area contributed by atoms with E-state index in [1.807, 2.05) is 12.1 Å².